The van der Waals surface area contributed by atoms with Crippen molar-refractivity contribution in [1.29, 1.82) is 0 Å². The number of hydrogen-bond acceptors (Lipinski definition) is 5. The Hall–Kier alpha value is -3.75. The van der Waals surface area contributed by atoms with Crippen LogP contribution in [0.15, 0.2) is 60.4 Å². The number of halogens is 3. The predicted octanol–water partition coefficient (Wildman–Crippen LogP) is 7.90. The quantitative estimate of drug-likeness (QED) is 0.0895. The van der Waals surface area contributed by atoms with Gasteiger partial charge in [-0.15, -0.1) is 5.10 Å². The van der Waals surface area contributed by atoms with E-state index in [1.165, 1.54) is 31.9 Å². The molecule has 0 aliphatic rings. The molecule has 9 heteroatoms. The maximum absolute atomic E-state index is 13.1. The third-order valence-electron chi connectivity index (χ3n) is 6.56. The summed E-state index contributed by atoms with van der Waals surface area (Å²) in [6.07, 6.45) is 7.09. The molecule has 0 aliphatic carbocycles. The van der Waals surface area contributed by atoms with E-state index in [9.17, 15) is 13.2 Å². The first-order chi connectivity index (χ1) is 19.2. The molecule has 0 aliphatic heterocycles. The van der Waals surface area contributed by atoms with Crippen molar-refractivity contribution in [3.8, 4) is 11.1 Å². The van der Waals surface area contributed by atoms with E-state index >= 15 is 0 Å². The van der Waals surface area contributed by atoms with E-state index in [1.807, 2.05) is 19.1 Å². The Morgan fingerprint density at radius 1 is 1.00 bits per heavy atom. The van der Waals surface area contributed by atoms with Gasteiger partial charge in [0, 0.05) is 11.4 Å². The van der Waals surface area contributed by atoms with Gasteiger partial charge in [-0.3, -0.25) is 4.98 Å². The van der Waals surface area contributed by atoms with Gasteiger partial charge in [0.1, 0.15) is 5.69 Å². The molecule has 0 saturated heterocycles. The van der Waals surface area contributed by atoms with Gasteiger partial charge in [0.2, 0.25) is 0 Å². The fraction of sp³-hybridized carbons (Fsp3) is 0.419. The summed E-state index contributed by atoms with van der Waals surface area (Å²) in [6, 6.07) is 10.7. The molecule has 3 aromatic rings. The molecule has 2 heterocycles. The summed E-state index contributed by atoms with van der Waals surface area (Å²) in [4.78, 5) is 9.31. The Bertz CT molecular complexity index is 1290. The normalized spacial score (nSPS) is 12.0. The van der Waals surface area contributed by atoms with Gasteiger partial charge in [0.05, 0.1) is 30.3 Å². The molecule has 0 radical (unpaired) electrons. The average molecular weight is 554 g/mol. The molecule has 2 aromatic heterocycles. The lowest BCUT2D eigenvalue weighted by molar-refractivity contribution is -0.137. The molecule has 3 rings (SSSR count). The van der Waals surface area contributed by atoms with Crippen molar-refractivity contribution < 1.29 is 17.9 Å². The number of amidine groups is 1. The first-order valence-electron chi connectivity index (χ1n) is 13.8. The van der Waals surface area contributed by atoms with Gasteiger partial charge >= 0.3 is 6.18 Å². The number of unbranched alkanes of at least 4 members (excludes halogenated alkanes) is 5. The number of aryl methyl sites for hydroxylation is 3. The highest BCUT2D eigenvalue weighted by molar-refractivity contribution is 5.97. The Morgan fingerprint density at radius 2 is 1.70 bits per heavy atom. The third-order valence-corrected chi connectivity index (χ3v) is 6.56. The zero-order valence-electron chi connectivity index (χ0n) is 23.3. The lowest BCUT2D eigenvalue weighted by atomic mass is 9.97. The topological polar surface area (TPSA) is 86.3 Å². The fourth-order valence-electron chi connectivity index (χ4n) is 4.38. The van der Waals surface area contributed by atoms with Crippen molar-refractivity contribution in [2.45, 2.75) is 77.8 Å². The molecule has 2 N–H and O–H groups in total. The van der Waals surface area contributed by atoms with Crippen LogP contribution in [0.5, 0.6) is 0 Å². The molecule has 0 amide bonds. The number of ether oxygens (including phenoxy) is 1. The minimum atomic E-state index is -4.55. The SMILES string of the molecule is C=COCCCCc1cc(-c2cc(N=C(N)c3cc(C(F)(F)F)cnn3)ccc2C)cc(CCCCCCC)n1. The van der Waals surface area contributed by atoms with Crippen LogP contribution in [0.1, 0.15) is 80.1 Å². The average Bonchev–Trinajstić information content (AvgIpc) is 2.93. The van der Waals surface area contributed by atoms with Crippen molar-refractivity contribution in [3.05, 3.63) is 83.6 Å². The number of aromatic nitrogens is 3. The van der Waals surface area contributed by atoms with Gasteiger partial charge in [-0.05, 0) is 86.1 Å². The van der Waals surface area contributed by atoms with Gasteiger partial charge in [0.15, 0.2) is 5.84 Å². The number of aliphatic imine (C=N–C) groups is 1. The summed E-state index contributed by atoms with van der Waals surface area (Å²) >= 11 is 0. The van der Waals surface area contributed by atoms with Crippen molar-refractivity contribution in [3.63, 3.8) is 0 Å². The molecule has 0 atom stereocenters. The summed E-state index contributed by atoms with van der Waals surface area (Å²) in [5.74, 6) is -0.140. The molecule has 0 saturated carbocycles. The van der Waals surface area contributed by atoms with Gasteiger partial charge in [0.25, 0.3) is 0 Å². The van der Waals surface area contributed by atoms with Crippen LogP contribution >= 0.6 is 0 Å². The van der Waals surface area contributed by atoms with E-state index in [0.717, 1.165) is 66.2 Å². The maximum Gasteiger partial charge on any atom is 0.418 e. The predicted molar refractivity (Wildman–Crippen MR) is 153 cm³/mol. The molecule has 40 heavy (non-hydrogen) atoms. The summed E-state index contributed by atoms with van der Waals surface area (Å²) in [5, 5.41) is 7.18. The lowest BCUT2D eigenvalue weighted by Gasteiger charge is -2.13. The van der Waals surface area contributed by atoms with E-state index in [2.05, 4.69) is 40.8 Å². The first-order valence-corrected chi connectivity index (χ1v) is 13.8. The highest BCUT2D eigenvalue weighted by atomic mass is 19.4. The minimum Gasteiger partial charge on any atom is -0.502 e. The van der Waals surface area contributed by atoms with Crippen LogP contribution in [0.25, 0.3) is 11.1 Å². The molecule has 0 fully saturated rings. The zero-order valence-corrected chi connectivity index (χ0v) is 23.3. The fourth-order valence-corrected chi connectivity index (χ4v) is 4.38. The third kappa shape index (κ3) is 9.47. The Kier molecular flexibility index (Phi) is 11.7. The smallest absolute Gasteiger partial charge is 0.418 e. The second kappa shape index (κ2) is 15.1. The van der Waals surface area contributed by atoms with E-state index in [-0.39, 0.29) is 11.5 Å². The monoisotopic (exact) mass is 553 g/mol. The number of pyridine rings is 1. The summed E-state index contributed by atoms with van der Waals surface area (Å²) in [5.41, 5.74) is 10.6. The molecule has 214 valence electrons. The minimum absolute atomic E-state index is 0.131. The number of nitrogens with two attached hydrogens (primary N) is 1. The van der Waals surface area contributed by atoms with Crippen LogP contribution in [0.4, 0.5) is 18.9 Å². The van der Waals surface area contributed by atoms with Crippen molar-refractivity contribution >= 4 is 11.5 Å². The van der Waals surface area contributed by atoms with Gasteiger partial charge in [-0.1, -0.05) is 45.3 Å². The second-order valence-corrected chi connectivity index (χ2v) is 9.82. The zero-order chi connectivity index (χ0) is 29.0. The molecule has 0 spiro atoms. The number of rotatable bonds is 15. The second-order valence-electron chi connectivity index (χ2n) is 9.82. The number of hydrogen-bond donors (Lipinski definition) is 1. The van der Waals surface area contributed by atoms with Crippen LogP contribution in [0.2, 0.25) is 0 Å². The van der Waals surface area contributed by atoms with Gasteiger partial charge < -0.3 is 10.5 Å². The van der Waals surface area contributed by atoms with Crippen LogP contribution in [-0.2, 0) is 23.8 Å². The van der Waals surface area contributed by atoms with Crippen molar-refractivity contribution in [2.24, 2.45) is 10.7 Å². The number of nitrogens with zero attached hydrogens (tertiary/aromatic N) is 4. The van der Waals surface area contributed by atoms with Crippen LogP contribution in [0.3, 0.4) is 0 Å². The lowest BCUT2D eigenvalue weighted by Crippen LogP contribution is -2.17. The van der Waals surface area contributed by atoms with E-state index < -0.39 is 11.7 Å². The molecular weight excluding hydrogens is 515 g/mol. The Balaban J connectivity index is 1.89. The van der Waals surface area contributed by atoms with Crippen molar-refractivity contribution in [2.75, 3.05) is 6.61 Å². The maximum atomic E-state index is 13.1. The first kappa shape index (κ1) is 30.8. The Morgan fingerprint density at radius 3 is 2.38 bits per heavy atom. The standard InChI is InChI=1S/C31H38F3N5O/c1-4-6-7-8-9-12-25-17-23(18-26(37-25)13-10-11-16-40-5-2)28-20-27(15-14-22(28)3)38-30(35)29-19-24(21-36-39-29)31(32,33)34/h5,14-15,17-21H,2,4,6-13,16H2,1,3H3,(H2,35,38). The van der Waals surface area contributed by atoms with Crippen LogP contribution in [0, 0.1) is 6.92 Å². The van der Waals surface area contributed by atoms with Crippen LogP contribution in [-0.4, -0.2) is 27.6 Å². The van der Waals surface area contributed by atoms with Crippen LogP contribution < -0.4 is 5.73 Å². The molecular formula is C31H38F3N5O. The van der Waals surface area contributed by atoms with Gasteiger partial charge in [-0.25, -0.2) is 4.99 Å². The number of alkyl halides is 3. The Labute approximate surface area is 234 Å². The van der Waals surface area contributed by atoms with Crippen molar-refractivity contribution in [1.82, 2.24) is 15.2 Å². The highest BCUT2D eigenvalue weighted by Crippen LogP contribution is 2.31. The van der Waals surface area contributed by atoms with E-state index in [4.69, 9.17) is 15.5 Å². The number of benzene rings is 1. The summed E-state index contributed by atoms with van der Waals surface area (Å²) in [7, 11) is 0. The highest BCUT2D eigenvalue weighted by Gasteiger charge is 2.31. The van der Waals surface area contributed by atoms with E-state index in [0.29, 0.717) is 18.5 Å². The van der Waals surface area contributed by atoms with E-state index in [1.54, 1.807) is 6.07 Å². The summed E-state index contributed by atoms with van der Waals surface area (Å²) < 4.78 is 44.6. The largest absolute Gasteiger partial charge is 0.502 e. The molecule has 0 bridgehead atoms. The molecule has 1 aromatic carbocycles. The molecule has 0 unspecified atom stereocenters. The van der Waals surface area contributed by atoms with Gasteiger partial charge in [-0.2, -0.15) is 18.3 Å². The molecule has 6 nitrogen and oxygen atoms in total. The summed E-state index contributed by atoms with van der Waals surface area (Å²) in [6.45, 7) is 8.43.